The lowest BCUT2D eigenvalue weighted by Crippen LogP contribution is -2.55. The van der Waals surface area contributed by atoms with E-state index in [1.165, 1.54) is 49.5 Å². The molecule has 1 fully saturated rings. The van der Waals surface area contributed by atoms with Gasteiger partial charge in [-0.05, 0) is 85.3 Å². The van der Waals surface area contributed by atoms with E-state index in [-0.39, 0.29) is 35.6 Å². The van der Waals surface area contributed by atoms with Gasteiger partial charge in [0.2, 0.25) is 11.8 Å². The van der Waals surface area contributed by atoms with E-state index in [1.54, 1.807) is 24.3 Å². The fraction of sp³-hybridized carbons (Fsp3) is 0.350. The number of amides is 2. The van der Waals surface area contributed by atoms with E-state index in [0.717, 1.165) is 53.1 Å². The highest BCUT2D eigenvalue weighted by molar-refractivity contribution is 7.92. The molecule has 5 rings (SSSR count). The number of benzene rings is 4. The summed E-state index contributed by atoms with van der Waals surface area (Å²) in [5.41, 5.74) is 3.34. The Labute approximate surface area is 300 Å². The minimum absolute atomic E-state index is 0.0236. The van der Waals surface area contributed by atoms with Crippen molar-refractivity contribution in [1.82, 2.24) is 10.2 Å². The van der Waals surface area contributed by atoms with E-state index in [2.05, 4.69) is 5.32 Å². The summed E-state index contributed by atoms with van der Waals surface area (Å²) < 4.78 is 55.0. The molecule has 0 unspecified atom stereocenters. The molecule has 0 bridgehead atoms. The smallest absolute Gasteiger partial charge is 0.264 e. The highest BCUT2D eigenvalue weighted by atomic mass is 32.2. The number of sulfonamides is 1. The Morgan fingerprint density at radius 3 is 2.10 bits per heavy atom. The van der Waals surface area contributed by atoms with Gasteiger partial charge in [-0.15, -0.1) is 0 Å². The number of hydrogen-bond acceptors (Lipinski definition) is 6. The largest absolute Gasteiger partial charge is 0.493 e. The molecule has 270 valence electrons. The molecule has 2 amide bonds. The second-order valence-corrected chi connectivity index (χ2v) is 14.9. The summed E-state index contributed by atoms with van der Waals surface area (Å²) in [6, 6.07) is 23.7. The van der Waals surface area contributed by atoms with Gasteiger partial charge in [0.25, 0.3) is 10.0 Å². The molecule has 0 aromatic heterocycles. The molecule has 0 heterocycles. The number of carbonyl (C=O) groups is 2. The lowest BCUT2D eigenvalue weighted by molar-refractivity contribution is -0.140. The third-order valence-electron chi connectivity index (χ3n) is 9.21. The second kappa shape index (κ2) is 16.9. The van der Waals surface area contributed by atoms with Crippen molar-refractivity contribution in [1.29, 1.82) is 0 Å². The van der Waals surface area contributed by atoms with Gasteiger partial charge >= 0.3 is 0 Å². The van der Waals surface area contributed by atoms with Crippen molar-refractivity contribution in [2.45, 2.75) is 75.9 Å². The molecule has 4 aromatic carbocycles. The first-order valence-corrected chi connectivity index (χ1v) is 18.6. The summed E-state index contributed by atoms with van der Waals surface area (Å²) in [5.74, 6) is -0.784. The van der Waals surface area contributed by atoms with Crippen molar-refractivity contribution in [3.63, 3.8) is 0 Å². The number of aryl methyl sites for hydroxylation is 2. The van der Waals surface area contributed by atoms with Crippen molar-refractivity contribution in [3.8, 4) is 11.5 Å². The van der Waals surface area contributed by atoms with E-state index in [1.807, 2.05) is 50.2 Å². The molecule has 9 nitrogen and oxygen atoms in total. The Morgan fingerprint density at radius 1 is 0.824 bits per heavy atom. The fourth-order valence-electron chi connectivity index (χ4n) is 6.61. The van der Waals surface area contributed by atoms with Gasteiger partial charge in [-0.3, -0.25) is 13.9 Å². The number of carbonyl (C=O) groups excluding carboxylic acids is 2. The number of ether oxygens (including phenoxy) is 2. The molecule has 0 radical (unpaired) electrons. The van der Waals surface area contributed by atoms with Crippen molar-refractivity contribution in [3.05, 3.63) is 119 Å². The van der Waals surface area contributed by atoms with E-state index in [9.17, 15) is 22.4 Å². The zero-order chi connectivity index (χ0) is 36.5. The molecule has 1 N–H and O–H groups in total. The van der Waals surface area contributed by atoms with Crippen molar-refractivity contribution >= 4 is 27.5 Å². The molecule has 11 heteroatoms. The average molecular weight is 716 g/mol. The molecule has 51 heavy (non-hydrogen) atoms. The van der Waals surface area contributed by atoms with Crippen LogP contribution in [0.4, 0.5) is 10.1 Å². The predicted molar refractivity (Wildman–Crippen MR) is 196 cm³/mol. The summed E-state index contributed by atoms with van der Waals surface area (Å²) in [4.78, 5) is 30.4. The Bertz CT molecular complexity index is 1890. The zero-order valence-electron chi connectivity index (χ0n) is 29.6. The van der Waals surface area contributed by atoms with E-state index < -0.39 is 34.3 Å². The van der Waals surface area contributed by atoms with Crippen molar-refractivity contribution in [2.75, 3.05) is 25.1 Å². The van der Waals surface area contributed by atoms with Crippen LogP contribution in [-0.2, 0) is 32.6 Å². The number of halogens is 1. The second-order valence-electron chi connectivity index (χ2n) is 13.1. The maximum absolute atomic E-state index is 14.8. The number of hydrogen-bond donors (Lipinski definition) is 1. The van der Waals surface area contributed by atoms with Crippen LogP contribution >= 0.6 is 0 Å². The quantitative estimate of drug-likeness (QED) is 0.155. The van der Waals surface area contributed by atoms with Gasteiger partial charge in [0, 0.05) is 25.1 Å². The van der Waals surface area contributed by atoms with Gasteiger partial charge in [-0.2, -0.15) is 0 Å². The topological polar surface area (TPSA) is 105 Å². The van der Waals surface area contributed by atoms with Crippen LogP contribution in [0.25, 0.3) is 0 Å². The molecular weight excluding hydrogens is 670 g/mol. The Morgan fingerprint density at radius 2 is 1.47 bits per heavy atom. The van der Waals surface area contributed by atoms with Crippen molar-refractivity contribution < 1.29 is 31.9 Å². The van der Waals surface area contributed by atoms with Crippen LogP contribution in [0.5, 0.6) is 11.5 Å². The maximum atomic E-state index is 14.8. The van der Waals surface area contributed by atoms with Crippen LogP contribution < -0.4 is 19.1 Å². The lowest BCUT2D eigenvalue weighted by atomic mass is 9.94. The van der Waals surface area contributed by atoms with Crippen LogP contribution in [0.1, 0.15) is 54.4 Å². The standard InChI is InChI=1S/C40H46FN3O6S/c1-28-21-29(2)23-34(22-28)44(51(47,48)35-19-20-37(49-3)38(25-35)50-4)27-39(45)43(26-31-15-17-32(41)18-16-31)36(24-30-11-7-5-8-12-30)40(46)42-33-13-9-6-10-14-33/h5,7-8,11-12,15-23,25,33,36H,6,9-10,13-14,24,26-27H2,1-4H3,(H,42,46)/t36-/m1/s1. The Hall–Kier alpha value is -4.90. The third kappa shape index (κ3) is 9.46. The number of rotatable bonds is 14. The number of methoxy groups -OCH3 is 2. The summed E-state index contributed by atoms with van der Waals surface area (Å²) in [6.45, 7) is 3.05. The van der Waals surface area contributed by atoms with E-state index >= 15 is 0 Å². The molecule has 1 aliphatic carbocycles. The van der Waals surface area contributed by atoms with E-state index in [4.69, 9.17) is 9.47 Å². The summed E-state index contributed by atoms with van der Waals surface area (Å²) in [6.07, 6.45) is 5.01. The fourth-order valence-corrected chi connectivity index (χ4v) is 8.03. The van der Waals surface area contributed by atoms with Gasteiger partial charge in [-0.25, -0.2) is 12.8 Å². The minimum atomic E-state index is -4.38. The molecular formula is C40H46FN3O6S. The highest BCUT2D eigenvalue weighted by Crippen LogP contribution is 2.33. The predicted octanol–water partition coefficient (Wildman–Crippen LogP) is 6.74. The van der Waals surface area contributed by atoms with E-state index in [0.29, 0.717) is 17.0 Å². The van der Waals surface area contributed by atoms with Crippen LogP contribution in [0, 0.1) is 19.7 Å². The number of anilines is 1. The maximum Gasteiger partial charge on any atom is 0.264 e. The van der Waals surface area contributed by atoms with Gasteiger partial charge in [0.05, 0.1) is 24.8 Å². The van der Waals surface area contributed by atoms with Gasteiger partial charge in [0.15, 0.2) is 11.5 Å². The van der Waals surface area contributed by atoms with Crippen LogP contribution in [0.2, 0.25) is 0 Å². The molecule has 1 saturated carbocycles. The van der Waals surface area contributed by atoms with Crippen molar-refractivity contribution in [2.24, 2.45) is 0 Å². The molecule has 1 atom stereocenters. The first kappa shape index (κ1) is 37.4. The Kier molecular flexibility index (Phi) is 12.4. The monoisotopic (exact) mass is 715 g/mol. The summed E-state index contributed by atoms with van der Waals surface area (Å²) >= 11 is 0. The first-order chi connectivity index (χ1) is 24.5. The molecule has 0 aliphatic heterocycles. The van der Waals surface area contributed by atoms with Crippen LogP contribution in [-0.4, -0.2) is 58.0 Å². The summed E-state index contributed by atoms with van der Waals surface area (Å²) in [5, 5.41) is 3.20. The number of nitrogens with zero attached hydrogens (tertiary/aromatic N) is 2. The van der Waals surface area contributed by atoms with Gasteiger partial charge in [0.1, 0.15) is 18.4 Å². The number of nitrogens with one attached hydrogen (secondary N) is 1. The third-order valence-corrected chi connectivity index (χ3v) is 11.0. The zero-order valence-corrected chi connectivity index (χ0v) is 30.4. The highest BCUT2D eigenvalue weighted by Gasteiger charge is 2.36. The summed E-state index contributed by atoms with van der Waals surface area (Å²) in [7, 11) is -1.51. The average Bonchev–Trinajstić information content (AvgIpc) is 3.12. The normalized spacial score (nSPS) is 14.0. The van der Waals surface area contributed by atoms with Crippen LogP contribution in [0.15, 0.2) is 95.9 Å². The molecule has 0 saturated heterocycles. The lowest BCUT2D eigenvalue weighted by Gasteiger charge is -2.35. The SMILES string of the molecule is COc1ccc(S(=O)(=O)N(CC(=O)N(Cc2ccc(F)cc2)[C@H](Cc2ccccc2)C(=O)NC2CCCCC2)c2cc(C)cc(C)c2)cc1OC. The molecule has 0 spiro atoms. The van der Waals surface area contributed by atoms with Gasteiger partial charge < -0.3 is 19.7 Å². The Balaban J connectivity index is 1.60. The van der Waals surface area contributed by atoms with Gasteiger partial charge in [-0.1, -0.05) is 67.8 Å². The molecule has 1 aliphatic rings. The minimum Gasteiger partial charge on any atom is -0.493 e. The first-order valence-electron chi connectivity index (χ1n) is 17.2. The molecule has 4 aromatic rings. The van der Waals surface area contributed by atoms with Crippen LogP contribution in [0.3, 0.4) is 0 Å².